The molecule has 26 heavy (non-hydrogen) atoms. The molecule has 2 aliphatic rings. The van der Waals surface area contributed by atoms with E-state index in [2.05, 4.69) is 51.8 Å². The maximum absolute atomic E-state index is 9.34. The van der Waals surface area contributed by atoms with Crippen molar-refractivity contribution < 1.29 is 8.94 Å². The Hall–Kier alpha value is -2.40. The SMILES string of the molecule is CC(C)(C)c1nc(CN2CCN(c3oc(C4CC4)nc3C#N)CC2)no1. The minimum atomic E-state index is -0.136. The molecule has 2 aromatic heterocycles. The van der Waals surface area contributed by atoms with E-state index in [0.29, 0.717) is 29.9 Å². The largest absolute Gasteiger partial charge is 0.423 e. The molecule has 1 saturated heterocycles. The second-order valence-electron chi connectivity index (χ2n) is 8.12. The Bertz CT molecular complexity index is 816. The Morgan fingerprint density at radius 1 is 1.15 bits per heavy atom. The first-order chi connectivity index (χ1) is 12.4. The Morgan fingerprint density at radius 3 is 2.46 bits per heavy atom. The summed E-state index contributed by atoms with van der Waals surface area (Å²) in [6.45, 7) is 10.1. The number of anilines is 1. The third-order valence-electron chi connectivity index (χ3n) is 4.79. The van der Waals surface area contributed by atoms with Crippen LogP contribution in [0.15, 0.2) is 8.94 Å². The van der Waals surface area contributed by atoms with Crippen LogP contribution in [0.2, 0.25) is 0 Å². The predicted molar refractivity (Wildman–Crippen MR) is 93.7 cm³/mol. The van der Waals surface area contributed by atoms with E-state index in [1.165, 1.54) is 0 Å². The van der Waals surface area contributed by atoms with Crippen molar-refractivity contribution in [2.24, 2.45) is 0 Å². The number of nitrogens with zero attached hydrogens (tertiary/aromatic N) is 6. The van der Waals surface area contributed by atoms with E-state index in [1.807, 2.05) is 0 Å². The molecule has 1 saturated carbocycles. The minimum Gasteiger partial charge on any atom is -0.423 e. The van der Waals surface area contributed by atoms with E-state index in [-0.39, 0.29) is 5.41 Å². The lowest BCUT2D eigenvalue weighted by atomic mass is 9.97. The van der Waals surface area contributed by atoms with Gasteiger partial charge < -0.3 is 13.8 Å². The van der Waals surface area contributed by atoms with Gasteiger partial charge in [-0.1, -0.05) is 25.9 Å². The highest BCUT2D eigenvalue weighted by atomic mass is 16.5. The van der Waals surface area contributed by atoms with E-state index in [0.717, 1.165) is 50.7 Å². The second kappa shape index (κ2) is 6.40. The van der Waals surface area contributed by atoms with Crippen LogP contribution in [0.4, 0.5) is 5.88 Å². The molecule has 0 spiro atoms. The van der Waals surface area contributed by atoms with Gasteiger partial charge in [-0.15, -0.1) is 0 Å². The van der Waals surface area contributed by atoms with Crippen molar-refractivity contribution in [3.8, 4) is 6.07 Å². The van der Waals surface area contributed by atoms with Crippen molar-refractivity contribution in [1.82, 2.24) is 20.0 Å². The Morgan fingerprint density at radius 2 is 1.88 bits per heavy atom. The predicted octanol–water partition coefficient (Wildman–Crippen LogP) is 2.43. The summed E-state index contributed by atoms with van der Waals surface area (Å²) in [4.78, 5) is 13.3. The molecule has 138 valence electrons. The molecule has 0 aromatic carbocycles. The van der Waals surface area contributed by atoms with Gasteiger partial charge in [-0.3, -0.25) is 4.90 Å². The van der Waals surface area contributed by atoms with Gasteiger partial charge in [0.1, 0.15) is 6.07 Å². The van der Waals surface area contributed by atoms with Gasteiger partial charge in [-0.25, -0.2) is 4.98 Å². The molecule has 4 rings (SSSR count). The standard InChI is InChI=1S/C18H24N6O2/c1-18(2,3)17-21-14(22-26-17)11-23-6-8-24(9-7-23)16-13(10-19)20-15(25-16)12-4-5-12/h12H,4-9,11H2,1-3H3. The van der Waals surface area contributed by atoms with Gasteiger partial charge in [0.2, 0.25) is 23.4 Å². The van der Waals surface area contributed by atoms with Crippen LogP contribution < -0.4 is 4.90 Å². The van der Waals surface area contributed by atoms with Gasteiger partial charge >= 0.3 is 0 Å². The zero-order valence-corrected chi connectivity index (χ0v) is 15.5. The molecule has 0 radical (unpaired) electrons. The average molecular weight is 356 g/mol. The maximum Gasteiger partial charge on any atom is 0.234 e. The molecule has 3 heterocycles. The van der Waals surface area contributed by atoms with Crippen LogP contribution in [0, 0.1) is 11.3 Å². The Kier molecular flexibility index (Phi) is 4.19. The van der Waals surface area contributed by atoms with Crippen molar-refractivity contribution in [2.45, 2.75) is 51.5 Å². The van der Waals surface area contributed by atoms with E-state index < -0.39 is 0 Å². The topological polar surface area (TPSA) is 95.2 Å². The lowest BCUT2D eigenvalue weighted by Crippen LogP contribution is -2.46. The van der Waals surface area contributed by atoms with Gasteiger partial charge in [-0.2, -0.15) is 10.2 Å². The smallest absolute Gasteiger partial charge is 0.234 e. The molecule has 8 nitrogen and oxygen atoms in total. The molecule has 0 amide bonds. The fourth-order valence-corrected chi connectivity index (χ4v) is 3.05. The molecular formula is C18H24N6O2. The average Bonchev–Trinajstić information content (AvgIpc) is 3.18. The summed E-state index contributed by atoms with van der Waals surface area (Å²) in [5.41, 5.74) is 0.275. The van der Waals surface area contributed by atoms with Gasteiger partial charge in [0.05, 0.1) is 6.54 Å². The molecule has 0 unspecified atom stereocenters. The van der Waals surface area contributed by atoms with Crippen LogP contribution in [0.5, 0.6) is 0 Å². The summed E-state index contributed by atoms with van der Waals surface area (Å²) in [5, 5.41) is 13.4. The molecule has 0 N–H and O–H groups in total. The summed E-state index contributed by atoms with van der Waals surface area (Å²) < 4.78 is 11.3. The quantitative estimate of drug-likeness (QED) is 0.824. The molecule has 1 aliphatic heterocycles. The van der Waals surface area contributed by atoms with Crippen LogP contribution in [-0.4, -0.2) is 46.2 Å². The van der Waals surface area contributed by atoms with Gasteiger partial charge in [0.15, 0.2) is 5.82 Å². The van der Waals surface area contributed by atoms with Crippen molar-refractivity contribution >= 4 is 5.88 Å². The van der Waals surface area contributed by atoms with Crippen LogP contribution in [0.1, 0.15) is 62.8 Å². The van der Waals surface area contributed by atoms with Crippen molar-refractivity contribution in [2.75, 3.05) is 31.1 Å². The number of rotatable bonds is 4. The van der Waals surface area contributed by atoms with E-state index >= 15 is 0 Å². The van der Waals surface area contributed by atoms with Crippen molar-refractivity contribution in [3.05, 3.63) is 23.3 Å². The fraction of sp³-hybridized carbons (Fsp3) is 0.667. The summed E-state index contributed by atoms with van der Waals surface area (Å²) in [6, 6.07) is 2.17. The third-order valence-corrected chi connectivity index (χ3v) is 4.79. The number of nitriles is 1. The highest BCUT2D eigenvalue weighted by molar-refractivity contribution is 5.48. The van der Waals surface area contributed by atoms with Crippen molar-refractivity contribution in [1.29, 1.82) is 5.26 Å². The van der Waals surface area contributed by atoms with Crippen LogP contribution in [0.25, 0.3) is 0 Å². The van der Waals surface area contributed by atoms with Gasteiger partial charge in [-0.05, 0) is 12.8 Å². The third kappa shape index (κ3) is 3.44. The van der Waals surface area contributed by atoms with E-state index in [9.17, 15) is 5.26 Å². The van der Waals surface area contributed by atoms with E-state index in [1.54, 1.807) is 0 Å². The number of hydrogen-bond donors (Lipinski definition) is 0. The normalized spacial score (nSPS) is 18.9. The molecule has 0 atom stereocenters. The highest BCUT2D eigenvalue weighted by Gasteiger charge is 2.32. The zero-order valence-electron chi connectivity index (χ0n) is 15.5. The molecule has 8 heteroatoms. The fourth-order valence-electron chi connectivity index (χ4n) is 3.05. The van der Waals surface area contributed by atoms with Crippen LogP contribution >= 0.6 is 0 Å². The summed E-state index contributed by atoms with van der Waals surface area (Å²) in [6.07, 6.45) is 2.22. The molecular weight excluding hydrogens is 332 g/mol. The number of hydrogen-bond acceptors (Lipinski definition) is 8. The van der Waals surface area contributed by atoms with E-state index in [4.69, 9.17) is 8.94 Å². The Labute approximate surface area is 152 Å². The number of piperazine rings is 1. The van der Waals surface area contributed by atoms with Gasteiger partial charge in [0.25, 0.3) is 0 Å². The minimum absolute atomic E-state index is 0.136. The molecule has 0 bridgehead atoms. The van der Waals surface area contributed by atoms with Crippen molar-refractivity contribution in [3.63, 3.8) is 0 Å². The first-order valence-electron chi connectivity index (χ1n) is 9.15. The molecule has 2 aromatic rings. The summed E-state index contributed by atoms with van der Waals surface area (Å²) in [7, 11) is 0. The van der Waals surface area contributed by atoms with Crippen LogP contribution in [-0.2, 0) is 12.0 Å². The monoisotopic (exact) mass is 356 g/mol. The lowest BCUT2D eigenvalue weighted by molar-refractivity contribution is 0.235. The van der Waals surface area contributed by atoms with Gasteiger partial charge in [0, 0.05) is 37.5 Å². The lowest BCUT2D eigenvalue weighted by Gasteiger charge is -2.33. The summed E-state index contributed by atoms with van der Waals surface area (Å²) in [5.74, 6) is 3.15. The first kappa shape index (κ1) is 17.0. The molecule has 2 fully saturated rings. The summed E-state index contributed by atoms with van der Waals surface area (Å²) >= 11 is 0. The molecule has 1 aliphatic carbocycles. The number of aromatic nitrogens is 3. The first-order valence-corrected chi connectivity index (χ1v) is 9.15. The zero-order chi connectivity index (χ0) is 18.3. The Balaban J connectivity index is 1.37. The number of oxazole rings is 1. The maximum atomic E-state index is 9.34. The van der Waals surface area contributed by atoms with Crippen LogP contribution in [0.3, 0.4) is 0 Å². The highest BCUT2D eigenvalue weighted by Crippen LogP contribution is 2.41. The second-order valence-corrected chi connectivity index (χ2v) is 8.12.